The zero-order valence-corrected chi connectivity index (χ0v) is 16.3. The van der Waals surface area contributed by atoms with E-state index in [1.165, 1.54) is 6.42 Å². The fraction of sp³-hybridized carbons (Fsp3) is 0.600. The maximum atomic E-state index is 12.6. The molecular formula is C20H30N2O4. The quantitative estimate of drug-likeness (QED) is 0.705. The molecule has 6 nitrogen and oxygen atoms in total. The van der Waals surface area contributed by atoms with Crippen molar-refractivity contribution in [3.63, 3.8) is 0 Å². The van der Waals surface area contributed by atoms with Crippen molar-refractivity contribution in [2.45, 2.75) is 53.4 Å². The first kappa shape index (κ1) is 20.1. The Morgan fingerprint density at radius 2 is 1.73 bits per heavy atom. The zero-order valence-electron chi connectivity index (χ0n) is 16.3. The molecule has 0 aliphatic heterocycles. The van der Waals surface area contributed by atoms with Gasteiger partial charge >= 0.3 is 0 Å². The largest absolute Gasteiger partial charge is 0.490 e. The van der Waals surface area contributed by atoms with Crippen LogP contribution in [0.25, 0.3) is 0 Å². The van der Waals surface area contributed by atoms with Gasteiger partial charge in [-0.3, -0.25) is 4.79 Å². The van der Waals surface area contributed by atoms with Crippen molar-refractivity contribution in [1.29, 1.82) is 0 Å². The fourth-order valence-electron chi connectivity index (χ4n) is 3.08. The summed E-state index contributed by atoms with van der Waals surface area (Å²) in [4.78, 5) is 12.6. The SMILES string of the molecule is CCOc1cc(C(=O)N/N=C2/CCC[C@H](C)C2)cc(OCC)c1OCC. The van der Waals surface area contributed by atoms with Crippen molar-refractivity contribution in [3.8, 4) is 17.2 Å². The number of hydrogen-bond donors (Lipinski definition) is 1. The molecule has 1 aliphatic carbocycles. The van der Waals surface area contributed by atoms with Crippen LogP contribution in [0.1, 0.15) is 63.7 Å². The number of carbonyl (C=O) groups is 1. The summed E-state index contributed by atoms with van der Waals surface area (Å²) in [6.07, 6.45) is 4.24. The maximum Gasteiger partial charge on any atom is 0.271 e. The van der Waals surface area contributed by atoms with E-state index in [-0.39, 0.29) is 5.91 Å². The van der Waals surface area contributed by atoms with E-state index in [1.54, 1.807) is 12.1 Å². The van der Waals surface area contributed by atoms with Crippen molar-refractivity contribution in [2.24, 2.45) is 11.0 Å². The molecule has 0 aromatic heterocycles. The van der Waals surface area contributed by atoms with Crippen LogP contribution in [0.3, 0.4) is 0 Å². The third-order valence-corrected chi connectivity index (χ3v) is 4.23. The van der Waals surface area contributed by atoms with Crippen molar-refractivity contribution in [1.82, 2.24) is 5.43 Å². The van der Waals surface area contributed by atoms with Crippen LogP contribution in [0.4, 0.5) is 0 Å². The predicted octanol–water partition coefficient (Wildman–Crippen LogP) is 4.18. The molecule has 0 saturated heterocycles. The fourth-order valence-corrected chi connectivity index (χ4v) is 3.08. The lowest BCUT2D eigenvalue weighted by Crippen LogP contribution is -2.22. The van der Waals surface area contributed by atoms with Crippen LogP contribution in [0.15, 0.2) is 17.2 Å². The third kappa shape index (κ3) is 5.38. The van der Waals surface area contributed by atoms with Gasteiger partial charge in [-0.15, -0.1) is 0 Å². The summed E-state index contributed by atoms with van der Waals surface area (Å²) in [5, 5.41) is 4.32. The first-order chi connectivity index (χ1) is 12.6. The summed E-state index contributed by atoms with van der Waals surface area (Å²) >= 11 is 0. The van der Waals surface area contributed by atoms with Crippen molar-refractivity contribution in [2.75, 3.05) is 19.8 Å². The molecule has 0 unspecified atom stereocenters. The van der Waals surface area contributed by atoms with Crippen LogP contribution >= 0.6 is 0 Å². The second kappa shape index (κ2) is 10.0. The molecule has 1 fully saturated rings. The molecule has 0 radical (unpaired) electrons. The Morgan fingerprint density at radius 3 is 2.27 bits per heavy atom. The van der Waals surface area contributed by atoms with Gasteiger partial charge in [0.15, 0.2) is 11.5 Å². The number of hydrazone groups is 1. The van der Waals surface area contributed by atoms with Crippen LogP contribution in [-0.2, 0) is 0 Å². The molecule has 1 atom stereocenters. The molecule has 1 amide bonds. The zero-order chi connectivity index (χ0) is 18.9. The molecule has 0 spiro atoms. The molecule has 144 valence electrons. The second-order valence-electron chi connectivity index (χ2n) is 6.42. The summed E-state index contributed by atoms with van der Waals surface area (Å²) in [5.41, 5.74) is 4.17. The van der Waals surface area contributed by atoms with Crippen LogP contribution in [0.2, 0.25) is 0 Å². The Bertz CT molecular complexity index is 616. The first-order valence-corrected chi connectivity index (χ1v) is 9.51. The van der Waals surface area contributed by atoms with E-state index in [4.69, 9.17) is 14.2 Å². The van der Waals surface area contributed by atoms with Gasteiger partial charge in [-0.2, -0.15) is 5.10 Å². The van der Waals surface area contributed by atoms with Crippen LogP contribution in [-0.4, -0.2) is 31.4 Å². The van der Waals surface area contributed by atoms with Gasteiger partial charge < -0.3 is 14.2 Å². The summed E-state index contributed by atoms with van der Waals surface area (Å²) < 4.78 is 17.0. The lowest BCUT2D eigenvalue weighted by molar-refractivity contribution is 0.0953. The molecule has 2 rings (SSSR count). The molecule has 6 heteroatoms. The normalized spacial score (nSPS) is 18.5. The Kier molecular flexibility index (Phi) is 7.75. The van der Waals surface area contributed by atoms with E-state index in [9.17, 15) is 4.79 Å². The number of nitrogens with zero attached hydrogens (tertiary/aromatic N) is 1. The van der Waals surface area contributed by atoms with E-state index >= 15 is 0 Å². The van der Waals surface area contributed by atoms with E-state index < -0.39 is 0 Å². The first-order valence-electron chi connectivity index (χ1n) is 9.51. The molecule has 1 saturated carbocycles. The van der Waals surface area contributed by atoms with Gasteiger partial charge in [0.2, 0.25) is 5.75 Å². The van der Waals surface area contributed by atoms with Gasteiger partial charge in [0.05, 0.1) is 19.8 Å². The van der Waals surface area contributed by atoms with Gasteiger partial charge in [-0.1, -0.05) is 6.92 Å². The minimum absolute atomic E-state index is 0.277. The number of nitrogens with one attached hydrogen (secondary N) is 1. The van der Waals surface area contributed by atoms with E-state index in [0.717, 1.165) is 25.0 Å². The average molecular weight is 362 g/mol. The van der Waals surface area contributed by atoms with E-state index in [0.29, 0.717) is 48.6 Å². The number of carbonyl (C=O) groups excluding carboxylic acids is 1. The van der Waals surface area contributed by atoms with Gasteiger partial charge in [0, 0.05) is 11.3 Å². The lowest BCUT2D eigenvalue weighted by Gasteiger charge is -2.19. The predicted molar refractivity (Wildman–Crippen MR) is 102 cm³/mol. The van der Waals surface area contributed by atoms with E-state index in [1.807, 2.05) is 20.8 Å². The summed E-state index contributed by atoms with van der Waals surface area (Å²) in [6, 6.07) is 3.35. The highest BCUT2D eigenvalue weighted by Crippen LogP contribution is 2.39. The molecule has 1 N–H and O–H groups in total. The summed E-state index contributed by atoms with van der Waals surface area (Å²) in [5.74, 6) is 1.88. The van der Waals surface area contributed by atoms with Gasteiger partial charge in [0.25, 0.3) is 5.91 Å². The van der Waals surface area contributed by atoms with Crippen molar-refractivity contribution >= 4 is 11.6 Å². The summed E-state index contributed by atoms with van der Waals surface area (Å²) in [6.45, 7) is 9.31. The molecule has 0 bridgehead atoms. The molecular weight excluding hydrogens is 332 g/mol. The number of rotatable bonds is 8. The second-order valence-corrected chi connectivity index (χ2v) is 6.42. The highest BCUT2D eigenvalue weighted by Gasteiger charge is 2.19. The van der Waals surface area contributed by atoms with E-state index in [2.05, 4.69) is 17.5 Å². The summed E-state index contributed by atoms with van der Waals surface area (Å²) in [7, 11) is 0. The minimum Gasteiger partial charge on any atom is -0.490 e. The highest BCUT2D eigenvalue weighted by atomic mass is 16.5. The van der Waals surface area contributed by atoms with Crippen molar-refractivity contribution < 1.29 is 19.0 Å². The Balaban J connectivity index is 2.23. The minimum atomic E-state index is -0.277. The Labute approximate surface area is 155 Å². The van der Waals surface area contributed by atoms with Crippen molar-refractivity contribution in [3.05, 3.63) is 17.7 Å². The van der Waals surface area contributed by atoms with Crippen LogP contribution in [0.5, 0.6) is 17.2 Å². The smallest absolute Gasteiger partial charge is 0.271 e. The Morgan fingerprint density at radius 1 is 1.12 bits per heavy atom. The number of ether oxygens (including phenoxy) is 3. The standard InChI is InChI=1S/C20H30N2O4/c1-5-24-17-12-15(13-18(25-6-2)19(17)26-7-3)20(23)22-21-16-10-8-9-14(4)11-16/h12-14H,5-11H2,1-4H3,(H,22,23)/b21-16-/t14-/m0/s1. The number of benzene rings is 1. The van der Waals surface area contributed by atoms with Gasteiger partial charge in [-0.25, -0.2) is 5.43 Å². The lowest BCUT2D eigenvalue weighted by atomic mass is 9.89. The monoisotopic (exact) mass is 362 g/mol. The molecule has 0 heterocycles. The van der Waals surface area contributed by atoms with Gasteiger partial charge in [0.1, 0.15) is 0 Å². The average Bonchev–Trinajstić information content (AvgIpc) is 2.62. The molecule has 1 aromatic rings. The molecule has 1 aromatic carbocycles. The third-order valence-electron chi connectivity index (χ3n) is 4.23. The molecule has 26 heavy (non-hydrogen) atoms. The number of amides is 1. The van der Waals surface area contributed by atoms with Gasteiger partial charge in [-0.05, 0) is 64.5 Å². The maximum absolute atomic E-state index is 12.6. The van der Waals surface area contributed by atoms with Crippen LogP contribution in [0, 0.1) is 5.92 Å². The number of hydrogen-bond acceptors (Lipinski definition) is 5. The highest BCUT2D eigenvalue weighted by molar-refractivity contribution is 5.96. The topological polar surface area (TPSA) is 69.2 Å². The molecule has 1 aliphatic rings. The Hall–Kier alpha value is -2.24. The van der Waals surface area contributed by atoms with Crippen LogP contribution < -0.4 is 19.6 Å².